The first kappa shape index (κ1) is 41.1. The summed E-state index contributed by atoms with van der Waals surface area (Å²) in [5.41, 5.74) is 10.9. The molecule has 0 unspecified atom stereocenters. The van der Waals surface area contributed by atoms with Gasteiger partial charge in [0.05, 0.1) is 6.61 Å². The van der Waals surface area contributed by atoms with Crippen molar-refractivity contribution in [3.8, 4) is 0 Å². The van der Waals surface area contributed by atoms with Crippen LogP contribution in [-0.4, -0.2) is 94.9 Å². The van der Waals surface area contributed by atoms with E-state index in [1.165, 1.54) is 54.4 Å². The summed E-state index contributed by atoms with van der Waals surface area (Å²) in [5, 5.41) is 28.4. The molecule has 0 bridgehead atoms. The lowest BCUT2D eigenvalue weighted by Crippen LogP contribution is -3.00. The van der Waals surface area contributed by atoms with E-state index in [4.69, 9.17) is 40.3 Å². The van der Waals surface area contributed by atoms with Gasteiger partial charge in [-0.05, 0) is 12.1 Å². The predicted molar refractivity (Wildman–Crippen MR) is 145 cm³/mol. The Balaban J connectivity index is 0.000000483. The monoisotopic (exact) mass is 706 g/mol. The minimum Gasteiger partial charge on any atom is -1.00 e. The van der Waals surface area contributed by atoms with Crippen LogP contribution in [0.2, 0.25) is 0 Å². The normalized spacial score (nSPS) is 25.9. The summed E-state index contributed by atoms with van der Waals surface area (Å²) in [6.45, 7) is 3.01. The Morgan fingerprint density at radius 1 is 0.745 bits per heavy atom. The topological polar surface area (TPSA) is 252 Å². The number of hydrogen-bond donors (Lipinski definition) is 5. The van der Waals surface area contributed by atoms with Crippen molar-refractivity contribution in [3.63, 3.8) is 0 Å². The fraction of sp³-hybridized carbons (Fsp3) is 0.464. The first-order valence-corrected chi connectivity index (χ1v) is 13.6. The van der Waals surface area contributed by atoms with E-state index in [9.17, 15) is 34.2 Å². The fourth-order valence-corrected chi connectivity index (χ4v) is 4.65. The van der Waals surface area contributed by atoms with Crippen LogP contribution in [0.25, 0.3) is 0 Å². The number of amides is 2. The van der Waals surface area contributed by atoms with Crippen molar-refractivity contribution >= 4 is 29.7 Å². The Morgan fingerprint density at radius 3 is 1.64 bits per heavy atom. The highest BCUT2D eigenvalue weighted by atomic mass is 35.5. The van der Waals surface area contributed by atoms with Crippen LogP contribution in [0, 0.1) is 0 Å². The maximum Gasteiger partial charge on any atom is 0.304 e. The number of aromatic nitrogens is 2. The summed E-state index contributed by atoms with van der Waals surface area (Å²) >= 11 is 0. The molecule has 0 aromatic carbocycles. The smallest absolute Gasteiger partial charge is 0.304 e. The highest BCUT2D eigenvalue weighted by molar-refractivity contribution is 5.92. The number of aliphatic hydroxyl groups excluding tert-OH is 3. The van der Waals surface area contributed by atoms with Crippen LogP contribution >= 0.6 is 0 Å². The molecule has 17 nitrogen and oxygen atoms in total. The molecule has 2 aliphatic heterocycles. The van der Waals surface area contributed by atoms with E-state index in [0.29, 0.717) is 0 Å². The Kier molecular flexibility index (Phi) is 16.1. The van der Waals surface area contributed by atoms with Gasteiger partial charge in [-0.2, -0.15) is 9.13 Å². The average Bonchev–Trinajstić information content (AvgIpc) is 3.47. The van der Waals surface area contributed by atoms with Crippen molar-refractivity contribution < 1.29 is 96.9 Å². The third kappa shape index (κ3) is 10.8. The van der Waals surface area contributed by atoms with E-state index in [0.717, 1.165) is 0 Å². The predicted octanol–water partition coefficient (Wildman–Crippen LogP) is -8.91. The van der Waals surface area contributed by atoms with Gasteiger partial charge in [0.1, 0.15) is 36.0 Å². The molecule has 47 heavy (non-hydrogen) atoms. The number of carbonyl (C=O) groups excluding carboxylic acids is 5. The molecular weight excluding hydrogens is 671 g/mol. The molecule has 2 aliphatic rings. The fourth-order valence-electron chi connectivity index (χ4n) is 4.65. The maximum atomic E-state index is 11.6. The summed E-state index contributed by atoms with van der Waals surface area (Å²) in [6.07, 6.45) is -1.94. The molecule has 260 valence electrons. The molecule has 2 amide bonds. The molecule has 0 aliphatic carbocycles. The number of esters is 3. The number of halogens is 2. The Labute approximate surface area is 281 Å². The van der Waals surface area contributed by atoms with Gasteiger partial charge in [-0.1, -0.05) is 0 Å². The van der Waals surface area contributed by atoms with Crippen LogP contribution in [0.4, 0.5) is 0 Å². The lowest BCUT2D eigenvalue weighted by atomic mass is 10.1. The van der Waals surface area contributed by atoms with Gasteiger partial charge in [0.25, 0.3) is 18.0 Å². The molecule has 2 fully saturated rings. The number of hydrogen-bond acceptors (Lipinski definition) is 13. The number of nitrogens with zero attached hydrogens (tertiary/aromatic N) is 2. The third-order valence-corrected chi connectivity index (χ3v) is 6.66. The Hall–Kier alpha value is -3.97. The number of rotatable bonds is 9. The average molecular weight is 708 g/mol. The van der Waals surface area contributed by atoms with Gasteiger partial charge in [0.2, 0.25) is 6.10 Å². The van der Waals surface area contributed by atoms with Gasteiger partial charge in [-0.15, -0.1) is 0 Å². The van der Waals surface area contributed by atoms with Crippen LogP contribution in [-0.2, 0) is 38.1 Å². The summed E-state index contributed by atoms with van der Waals surface area (Å²) < 4.78 is 29.6. The zero-order valence-corrected chi connectivity index (χ0v) is 26.9. The molecular formula is C28H36Cl2N4O13. The van der Waals surface area contributed by atoms with Gasteiger partial charge in [0, 0.05) is 32.9 Å². The first-order valence-electron chi connectivity index (χ1n) is 13.6. The molecule has 8 atom stereocenters. The van der Waals surface area contributed by atoms with Crippen molar-refractivity contribution in [2.45, 2.75) is 69.9 Å². The number of aliphatic hydroxyl groups is 3. The number of carbonyl (C=O) groups is 5. The molecule has 19 heteroatoms. The van der Waals surface area contributed by atoms with Crippen molar-refractivity contribution in [2.75, 3.05) is 13.2 Å². The second-order valence-electron chi connectivity index (χ2n) is 10.1. The third-order valence-electron chi connectivity index (χ3n) is 6.66. The van der Waals surface area contributed by atoms with E-state index < -0.39 is 85.4 Å². The highest BCUT2D eigenvalue weighted by Crippen LogP contribution is 2.31. The molecule has 2 aromatic heterocycles. The number of pyridine rings is 2. The van der Waals surface area contributed by atoms with Crippen LogP contribution < -0.4 is 45.4 Å². The van der Waals surface area contributed by atoms with Gasteiger partial charge in [0.15, 0.2) is 37.0 Å². The van der Waals surface area contributed by atoms with E-state index in [-0.39, 0.29) is 42.5 Å². The highest BCUT2D eigenvalue weighted by Gasteiger charge is 2.54. The summed E-state index contributed by atoms with van der Waals surface area (Å²) in [5.74, 6) is -3.04. The zero-order chi connectivity index (χ0) is 33.4. The molecule has 7 N–H and O–H groups in total. The lowest BCUT2D eigenvalue weighted by molar-refractivity contribution is -0.765. The summed E-state index contributed by atoms with van der Waals surface area (Å²) in [7, 11) is 0. The van der Waals surface area contributed by atoms with Crippen molar-refractivity contribution in [2.24, 2.45) is 11.5 Å². The Morgan fingerprint density at radius 2 is 1.21 bits per heavy atom. The van der Waals surface area contributed by atoms with E-state index in [2.05, 4.69) is 0 Å². The number of primary amides is 2. The van der Waals surface area contributed by atoms with Gasteiger partial charge >= 0.3 is 24.1 Å². The van der Waals surface area contributed by atoms with E-state index in [1.807, 2.05) is 0 Å². The van der Waals surface area contributed by atoms with Crippen molar-refractivity contribution in [1.82, 2.24) is 0 Å². The van der Waals surface area contributed by atoms with Crippen molar-refractivity contribution in [3.05, 3.63) is 60.2 Å². The molecule has 4 rings (SSSR count). The van der Waals surface area contributed by atoms with Gasteiger partial charge in [-0.3, -0.25) is 24.0 Å². The Bertz CT molecular complexity index is 1420. The molecule has 0 spiro atoms. The SMILES string of the molecule is CC(=O)OC[C@H]1O[C@@H]([n+]2cccc(C(N)=O)c2)[C@H](OC(C)=O)[C@@H]1OC(C)=O.NC(=O)c1ccc[n+]([C@@H]2O[C@H](CO)[C@@H](O)[C@H]2O)c1.[Cl-].[Cl-]. The van der Waals surface area contributed by atoms with Gasteiger partial charge in [-0.25, -0.2) is 0 Å². The van der Waals surface area contributed by atoms with E-state index in [1.54, 1.807) is 24.5 Å². The quantitative estimate of drug-likeness (QED) is 0.0924. The van der Waals surface area contributed by atoms with Crippen LogP contribution in [0.15, 0.2) is 49.1 Å². The van der Waals surface area contributed by atoms with Crippen LogP contribution in [0.1, 0.15) is 53.9 Å². The molecule has 0 saturated carbocycles. The van der Waals surface area contributed by atoms with Crippen LogP contribution in [0.3, 0.4) is 0 Å². The molecule has 2 aromatic rings. The number of nitrogens with two attached hydrogens (primary N) is 2. The second kappa shape index (κ2) is 18.4. The lowest BCUT2D eigenvalue weighted by Gasteiger charge is -2.21. The second-order valence-corrected chi connectivity index (χ2v) is 10.1. The van der Waals surface area contributed by atoms with E-state index >= 15 is 0 Å². The molecule has 2 saturated heterocycles. The minimum atomic E-state index is -1.18. The molecule has 4 heterocycles. The van der Waals surface area contributed by atoms with Crippen LogP contribution in [0.5, 0.6) is 0 Å². The largest absolute Gasteiger partial charge is 1.00 e. The molecule has 0 radical (unpaired) electrons. The minimum absolute atomic E-state index is 0. The summed E-state index contributed by atoms with van der Waals surface area (Å²) in [4.78, 5) is 56.7. The maximum absolute atomic E-state index is 11.6. The summed E-state index contributed by atoms with van der Waals surface area (Å²) in [6, 6.07) is 6.18. The van der Waals surface area contributed by atoms with Gasteiger partial charge < -0.3 is 75.3 Å². The van der Waals surface area contributed by atoms with Crippen molar-refractivity contribution in [1.29, 1.82) is 0 Å². The number of ether oxygens (including phenoxy) is 5. The first-order chi connectivity index (χ1) is 21.2. The standard InChI is InChI=1S/C17H20N2O8.C11H14N2O5.2ClH/c1-9(20)24-8-13-14(25-10(2)21)15(26-11(3)22)17(27-13)19-6-4-5-12(7-19)16(18)23;12-10(17)6-2-1-3-13(4-6)11-9(16)8(15)7(5-14)18-11;;/h4-7,13-15,17H,8H2,1-3H3,(H-,18,23);1-4,7-9,11,14-16H,5H2,(H-,12,17);2*1H/t13-,14-,15-,17-;7-,8-,9-,11-;;/m11../s1. The zero-order valence-electron chi connectivity index (χ0n) is 25.4.